The van der Waals surface area contributed by atoms with Gasteiger partial charge in [0.25, 0.3) is 0 Å². The van der Waals surface area contributed by atoms with Gasteiger partial charge in [0.05, 0.1) is 25.3 Å². The largest absolute Gasteiger partial charge is 0.497 e. The Labute approximate surface area is 226 Å². The second-order valence-electron chi connectivity index (χ2n) is 7.89. The molecule has 0 fully saturated rings. The maximum absolute atomic E-state index is 12.1. The molecule has 2 aromatic carbocycles. The van der Waals surface area contributed by atoms with Gasteiger partial charge in [0.2, 0.25) is 0 Å². The molecule has 0 aliphatic rings. The fourth-order valence-electron chi connectivity index (χ4n) is 3.70. The SMILES string of the molecule is CCn1c(S/C(=C\c2ccc(Sc3nc4ccccc4[nH]3)o2)C(=O)O)nnc1-c1cc(OC)cc(OC)c1. The van der Waals surface area contributed by atoms with Crippen LogP contribution >= 0.6 is 23.5 Å². The van der Waals surface area contributed by atoms with Gasteiger partial charge < -0.3 is 28.5 Å². The van der Waals surface area contributed by atoms with Crippen LogP contribution in [0.1, 0.15) is 12.7 Å². The molecular formula is C26H23N5O5S2. The van der Waals surface area contributed by atoms with Gasteiger partial charge in [-0.2, -0.15) is 0 Å². The number of para-hydroxylation sites is 2. The molecule has 2 N–H and O–H groups in total. The second kappa shape index (κ2) is 11.1. The maximum Gasteiger partial charge on any atom is 0.342 e. The first-order valence-electron chi connectivity index (χ1n) is 11.5. The lowest BCUT2D eigenvalue weighted by Gasteiger charge is -2.10. The summed E-state index contributed by atoms with van der Waals surface area (Å²) in [5.74, 6) is 1.08. The van der Waals surface area contributed by atoms with E-state index in [2.05, 4.69) is 20.2 Å². The number of furan rings is 1. The Hall–Kier alpha value is -4.16. The summed E-state index contributed by atoms with van der Waals surface area (Å²) in [4.78, 5) is 19.9. The number of rotatable bonds is 10. The van der Waals surface area contributed by atoms with Crippen LogP contribution in [0.4, 0.5) is 0 Å². The highest BCUT2D eigenvalue weighted by Crippen LogP contribution is 2.35. The van der Waals surface area contributed by atoms with Gasteiger partial charge in [0, 0.05) is 24.3 Å². The van der Waals surface area contributed by atoms with Crippen molar-refractivity contribution in [3.8, 4) is 22.9 Å². The molecule has 3 heterocycles. The van der Waals surface area contributed by atoms with Crippen LogP contribution in [0.3, 0.4) is 0 Å². The number of H-pyrrole nitrogens is 1. The molecule has 0 aliphatic carbocycles. The van der Waals surface area contributed by atoms with E-state index in [1.165, 1.54) is 17.8 Å². The van der Waals surface area contributed by atoms with Crippen molar-refractivity contribution in [3.63, 3.8) is 0 Å². The summed E-state index contributed by atoms with van der Waals surface area (Å²) in [7, 11) is 3.15. The summed E-state index contributed by atoms with van der Waals surface area (Å²) in [5, 5.41) is 20.2. The fraction of sp³-hybridized carbons (Fsp3) is 0.154. The first kappa shape index (κ1) is 25.5. The number of carboxylic acids is 1. The number of hydrogen-bond acceptors (Lipinski definition) is 9. The Morgan fingerprint density at radius 1 is 1.11 bits per heavy atom. The van der Waals surface area contributed by atoms with Gasteiger partial charge in [-0.1, -0.05) is 12.1 Å². The van der Waals surface area contributed by atoms with E-state index in [1.54, 1.807) is 32.4 Å². The minimum absolute atomic E-state index is 0.0384. The van der Waals surface area contributed by atoms with Crippen molar-refractivity contribution in [2.75, 3.05) is 14.2 Å². The topological polar surface area (TPSA) is 128 Å². The summed E-state index contributed by atoms with van der Waals surface area (Å²) in [6.45, 7) is 2.46. The van der Waals surface area contributed by atoms with E-state index in [1.807, 2.05) is 47.9 Å². The summed E-state index contributed by atoms with van der Waals surface area (Å²) >= 11 is 2.32. The number of methoxy groups -OCH3 is 2. The van der Waals surface area contributed by atoms with Gasteiger partial charge >= 0.3 is 5.97 Å². The van der Waals surface area contributed by atoms with E-state index in [0.717, 1.165) is 28.4 Å². The Kier molecular flexibility index (Phi) is 7.43. The molecule has 5 aromatic rings. The first-order valence-corrected chi connectivity index (χ1v) is 13.1. The number of fused-ring (bicyclic) bond motifs is 1. The van der Waals surface area contributed by atoms with E-state index in [-0.39, 0.29) is 4.91 Å². The normalized spacial score (nSPS) is 11.7. The first-order chi connectivity index (χ1) is 18.5. The smallest absolute Gasteiger partial charge is 0.342 e. The van der Waals surface area contributed by atoms with Crippen molar-refractivity contribution in [2.45, 2.75) is 28.9 Å². The quantitative estimate of drug-likeness (QED) is 0.162. The number of nitrogens with zero attached hydrogens (tertiary/aromatic N) is 4. The van der Waals surface area contributed by atoms with Gasteiger partial charge in [-0.25, -0.2) is 9.78 Å². The van der Waals surface area contributed by atoms with E-state index < -0.39 is 5.97 Å². The summed E-state index contributed by atoms with van der Waals surface area (Å²) in [6, 6.07) is 16.6. The molecule has 3 aromatic heterocycles. The van der Waals surface area contributed by atoms with Crippen LogP contribution in [0.2, 0.25) is 0 Å². The Morgan fingerprint density at radius 2 is 1.87 bits per heavy atom. The molecule has 0 amide bonds. The standard InChI is InChI=1S/C26H23N5O5S2/c1-4-31-23(15-11-17(34-2)13-18(12-15)35-3)29-30-26(31)37-21(24(32)33)14-16-9-10-22(36-16)38-25-27-19-7-5-6-8-20(19)28-25/h5-14H,4H2,1-3H3,(H,27,28)(H,32,33)/b21-14-. The number of ether oxygens (including phenoxy) is 2. The molecule has 194 valence electrons. The van der Waals surface area contributed by atoms with Crippen molar-refractivity contribution in [2.24, 2.45) is 0 Å². The van der Waals surface area contributed by atoms with Crippen LogP contribution in [-0.2, 0) is 11.3 Å². The minimum atomic E-state index is -1.10. The number of aliphatic carboxylic acids is 1. The molecule has 0 radical (unpaired) electrons. The molecule has 0 atom stereocenters. The van der Waals surface area contributed by atoms with E-state index in [4.69, 9.17) is 13.9 Å². The third kappa shape index (κ3) is 5.41. The molecule has 38 heavy (non-hydrogen) atoms. The summed E-state index contributed by atoms with van der Waals surface area (Å²) in [6.07, 6.45) is 1.47. The molecule has 0 aliphatic heterocycles. The molecule has 0 bridgehead atoms. The van der Waals surface area contributed by atoms with Crippen molar-refractivity contribution in [3.05, 3.63) is 65.3 Å². The molecular weight excluding hydrogens is 526 g/mol. The molecule has 12 heteroatoms. The highest BCUT2D eigenvalue weighted by molar-refractivity contribution is 8.04. The third-order valence-electron chi connectivity index (χ3n) is 5.50. The van der Waals surface area contributed by atoms with E-state index in [0.29, 0.717) is 45.0 Å². The maximum atomic E-state index is 12.1. The lowest BCUT2D eigenvalue weighted by atomic mass is 10.2. The molecule has 0 spiro atoms. The van der Waals surface area contributed by atoms with Crippen LogP contribution in [0.15, 0.2) is 79.3 Å². The number of thioether (sulfide) groups is 1. The Morgan fingerprint density at radius 3 is 2.55 bits per heavy atom. The van der Waals surface area contributed by atoms with Crippen LogP contribution in [0.25, 0.3) is 28.5 Å². The van der Waals surface area contributed by atoms with Crippen molar-refractivity contribution >= 4 is 46.6 Å². The van der Waals surface area contributed by atoms with Gasteiger partial charge in [0.15, 0.2) is 21.2 Å². The van der Waals surface area contributed by atoms with E-state index >= 15 is 0 Å². The zero-order valence-corrected chi connectivity index (χ0v) is 22.3. The van der Waals surface area contributed by atoms with E-state index in [9.17, 15) is 9.90 Å². The number of aromatic nitrogens is 5. The lowest BCUT2D eigenvalue weighted by molar-refractivity contribution is -0.131. The zero-order valence-electron chi connectivity index (χ0n) is 20.7. The monoisotopic (exact) mass is 549 g/mol. The van der Waals surface area contributed by atoms with Gasteiger partial charge in [-0.3, -0.25) is 0 Å². The highest BCUT2D eigenvalue weighted by Gasteiger charge is 2.20. The molecule has 0 saturated heterocycles. The van der Waals surface area contributed by atoms with Gasteiger partial charge in [-0.15, -0.1) is 10.2 Å². The predicted octanol–water partition coefficient (Wildman–Crippen LogP) is 5.82. The summed E-state index contributed by atoms with van der Waals surface area (Å²) in [5.41, 5.74) is 2.53. The van der Waals surface area contributed by atoms with Gasteiger partial charge in [-0.05, 0) is 66.8 Å². The number of imidazole rings is 1. The number of aromatic amines is 1. The summed E-state index contributed by atoms with van der Waals surface area (Å²) < 4.78 is 18.4. The molecule has 5 rings (SSSR count). The van der Waals surface area contributed by atoms with Crippen molar-refractivity contribution in [1.82, 2.24) is 24.7 Å². The van der Waals surface area contributed by atoms with Crippen LogP contribution in [0.5, 0.6) is 11.5 Å². The zero-order chi connectivity index (χ0) is 26.6. The highest BCUT2D eigenvalue weighted by atomic mass is 32.2. The molecule has 0 saturated carbocycles. The number of nitrogens with one attached hydrogen (secondary N) is 1. The number of hydrogen-bond donors (Lipinski definition) is 2. The predicted molar refractivity (Wildman–Crippen MR) is 145 cm³/mol. The Balaban J connectivity index is 1.39. The average molecular weight is 550 g/mol. The van der Waals surface area contributed by atoms with Crippen LogP contribution < -0.4 is 9.47 Å². The van der Waals surface area contributed by atoms with Crippen LogP contribution in [0, 0.1) is 0 Å². The van der Waals surface area contributed by atoms with Gasteiger partial charge in [0.1, 0.15) is 22.2 Å². The minimum Gasteiger partial charge on any atom is -0.497 e. The third-order valence-corrected chi connectivity index (χ3v) is 7.30. The van der Waals surface area contributed by atoms with Crippen molar-refractivity contribution < 1.29 is 23.8 Å². The second-order valence-corrected chi connectivity index (χ2v) is 9.89. The van der Waals surface area contributed by atoms with Crippen molar-refractivity contribution in [1.29, 1.82) is 0 Å². The molecule has 0 unspecified atom stereocenters. The number of carboxylic acid groups (broad SMARTS) is 1. The Bertz CT molecular complexity index is 1580. The number of benzene rings is 2. The average Bonchev–Trinajstić information content (AvgIpc) is 3.65. The molecule has 10 nitrogen and oxygen atoms in total. The lowest BCUT2D eigenvalue weighted by Crippen LogP contribution is -2.03. The fourth-order valence-corrected chi connectivity index (χ4v) is 5.34. The van der Waals surface area contributed by atoms with Crippen LogP contribution in [-0.4, -0.2) is 50.0 Å². The number of carbonyl (C=O) groups is 1.